The first-order valence-electron chi connectivity index (χ1n) is 4.81. The summed E-state index contributed by atoms with van der Waals surface area (Å²) < 4.78 is 5.03. The van der Waals surface area contributed by atoms with Gasteiger partial charge in [-0.25, -0.2) is 4.98 Å². The van der Waals surface area contributed by atoms with Gasteiger partial charge in [0.25, 0.3) is 0 Å². The first-order chi connectivity index (χ1) is 7.70. The Morgan fingerprint density at radius 1 is 1.31 bits per heavy atom. The molecule has 0 radical (unpaired) electrons. The fraction of sp³-hybridized carbons (Fsp3) is 0.167. The molecule has 0 atom stereocenters. The van der Waals surface area contributed by atoms with E-state index in [2.05, 4.69) is 4.98 Å². The van der Waals surface area contributed by atoms with Crippen LogP contribution >= 0.6 is 11.3 Å². The van der Waals surface area contributed by atoms with Gasteiger partial charge < -0.3 is 4.74 Å². The molecule has 3 nitrogen and oxygen atoms in total. The third kappa shape index (κ3) is 2.12. The van der Waals surface area contributed by atoms with Gasteiger partial charge >= 0.3 is 0 Å². The van der Waals surface area contributed by atoms with Crippen molar-refractivity contribution >= 4 is 17.1 Å². The molecule has 0 bridgehead atoms. The van der Waals surface area contributed by atoms with Crippen LogP contribution in [-0.4, -0.2) is 17.9 Å². The first kappa shape index (κ1) is 10.8. The van der Waals surface area contributed by atoms with E-state index in [1.807, 2.05) is 6.92 Å². The lowest BCUT2D eigenvalue weighted by Crippen LogP contribution is -2.01. The van der Waals surface area contributed by atoms with Crippen molar-refractivity contribution in [1.82, 2.24) is 4.98 Å². The summed E-state index contributed by atoms with van der Waals surface area (Å²) in [6, 6.07) is 7.03. The Hall–Kier alpha value is -1.68. The highest BCUT2D eigenvalue weighted by Crippen LogP contribution is 2.16. The molecule has 0 aliphatic heterocycles. The van der Waals surface area contributed by atoms with Crippen LogP contribution in [0.1, 0.15) is 21.1 Å². The van der Waals surface area contributed by atoms with Crippen LogP contribution in [0.2, 0.25) is 0 Å². The molecule has 0 fully saturated rings. The van der Waals surface area contributed by atoms with Gasteiger partial charge in [-0.1, -0.05) is 0 Å². The average Bonchev–Trinajstić information content (AvgIpc) is 2.75. The van der Waals surface area contributed by atoms with E-state index in [1.165, 1.54) is 11.3 Å². The minimum atomic E-state index is -0.0491. The molecule has 2 rings (SSSR count). The van der Waals surface area contributed by atoms with Crippen LogP contribution < -0.4 is 4.74 Å². The number of ketones is 1. The summed E-state index contributed by atoms with van der Waals surface area (Å²) in [5.74, 6) is 0.693. The van der Waals surface area contributed by atoms with Gasteiger partial charge in [-0.15, -0.1) is 11.3 Å². The molecule has 2 aromatic rings. The number of carbonyl (C=O) groups is 1. The van der Waals surface area contributed by atoms with E-state index < -0.39 is 0 Å². The van der Waals surface area contributed by atoms with Gasteiger partial charge in [0.05, 0.1) is 12.1 Å². The van der Waals surface area contributed by atoms with Gasteiger partial charge in [0, 0.05) is 10.9 Å². The van der Waals surface area contributed by atoms with E-state index in [0.29, 0.717) is 11.3 Å². The molecule has 0 saturated carbocycles. The molecule has 0 spiro atoms. The van der Waals surface area contributed by atoms with Crippen LogP contribution in [0, 0.1) is 6.92 Å². The molecular weight excluding hydrogens is 222 g/mol. The Morgan fingerprint density at radius 3 is 2.50 bits per heavy atom. The summed E-state index contributed by atoms with van der Waals surface area (Å²) in [4.78, 5) is 16.1. The van der Waals surface area contributed by atoms with Crippen LogP contribution in [0.5, 0.6) is 5.75 Å². The first-order valence-corrected chi connectivity index (χ1v) is 5.69. The maximum atomic E-state index is 12.0. The molecule has 1 aromatic heterocycles. The second kappa shape index (κ2) is 4.45. The quantitative estimate of drug-likeness (QED) is 0.765. The highest BCUT2D eigenvalue weighted by molar-refractivity contribution is 7.09. The summed E-state index contributed by atoms with van der Waals surface area (Å²) in [6.45, 7) is 1.88. The minimum absolute atomic E-state index is 0.0491. The average molecular weight is 233 g/mol. The molecule has 0 amide bonds. The number of benzene rings is 1. The predicted octanol–water partition coefficient (Wildman–Crippen LogP) is 2.69. The van der Waals surface area contributed by atoms with Crippen molar-refractivity contribution in [3.8, 4) is 5.75 Å². The van der Waals surface area contributed by atoms with Gasteiger partial charge in [-0.05, 0) is 31.2 Å². The molecule has 1 aromatic carbocycles. The minimum Gasteiger partial charge on any atom is -0.497 e. The van der Waals surface area contributed by atoms with Crippen molar-refractivity contribution < 1.29 is 9.53 Å². The maximum absolute atomic E-state index is 12.0. The summed E-state index contributed by atoms with van der Waals surface area (Å²) >= 11 is 1.48. The van der Waals surface area contributed by atoms with Crippen LogP contribution in [-0.2, 0) is 0 Å². The highest BCUT2D eigenvalue weighted by atomic mass is 32.1. The standard InChI is InChI=1S/C12H11NO2S/c1-8-13-11(7-16-8)12(14)9-3-5-10(15-2)6-4-9/h3-7H,1-2H3. The Morgan fingerprint density at radius 2 is 2.00 bits per heavy atom. The zero-order chi connectivity index (χ0) is 11.5. The number of hydrogen-bond acceptors (Lipinski definition) is 4. The van der Waals surface area contributed by atoms with Crippen molar-refractivity contribution in [2.24, 2.45) is 0 Å². The lowest BCUT2D eigenvalue weighted by molar-refractivity contribution is 0.103. The Balaban J connectivity index is 2.27. The van der Waals surface area contributed by atoms with E-state index in [4.69, 9.17) is 4.74 Å². The molecule has 82 valence electrons. The largest absolute Gasteiger partial charge is 0.497 e. The number of thiazole rings is 1. The smallest absolute Gasteiger partial charge is 0.212 e. The van der Waals surface area contributed by atoms with E-state index in [0.717, 1.165) is 10.8 Å². The highest BCUT2D eigenvalue weighted by Gasteiger charge is 2.11. The fourth-order valence-corrected chi connectivity index (χ4v) is 1.95. The fourth-order valence-electron chi connectivity index (χ4n) is 1.36. The number of carbonyl (C=O) groups excluding carboxylic acids is 1. The second-order valence-corrected chi connectivity index (χ2v) is 4.37. The summed E-state index contributed by atoms with van der Waals surface area (Å²) in [7, 11) is 1.60. The van der Waals surface area contributed by atoms with Gasteiger partial charge in [0.1, 0.15) is 11.4 Å². The Kier molecular flexibility index (Phi) is 3.01. The third-order valence-corrected chi connectivity index (χ3v) is 2.98. The number of ether oxygens (including phenoxy) is 1. The van der Waals surface area contributed by atoms with Crippen LogP contribution in [0.3, 0.4) is 0 Å². The molecule has 0 saturated heterocycles. The van der Waals surface area contributed by atoms with Crippen molar-refractivity contribution in [2.45, 2.75) is 6.92 Å². The van der Waals surface area contributed by atoms with Crippen molar-refractivity contribution in [3.63, 3.8) is 0 Å². The van der Waals surface area contributed by atoms with Crippen LogP contribution in [0.25, 0.3) is 0 Å². The number of aryl methyl sites for hydroxylation is 1. The van der Waals surface area contributed by atoms with Crippen LogP contribution in [0.15, 0.2) is 29.6 Å². The van der Waals surface area contributed by atoms with Gasteiger partial charge in [0.15, 0.2) is 0 Å². The summed E-state index contributed by atoms with van der Waals surface area (Å²) in [6.07, 6.45) is 0. The lowest BCUT2D eigenvalue weighted by Gasteiger charge is -2.00. The van der Waals surface area contributed by atoms with Crippen molar-refractivity contribution in [3.05, 3.63) is 45.9 Å². The second-order valence-electron chi connectivity index (χ2n) is 3.31. The topological polar surface area (TPSA) is 39.2 Å². The van der Waals surface area contributed by atoms with Gasteiger partial charge in [-0.3, -0.25) is 4.79 Å². The number of rotatable bonds is 3. The Bertz CT molecular complexity index is 502. The zero-order valence-electron chi connectivity index (χ0n) is 9.06. The number of nitrogens with zero attached hydrogens (tertiary/aromatic N) is 1. The van der Waals surface area contributed by atoms with Crippen LogP contribution in [0.4, 0.5) is 0 Å². The number of methoxy groups -OCH3 is 1. The normalized spacial score (nSPS) is 10.1. The molecular formula is C12H11NO2S. The maximum Gasteiger partial charge on any atom is 0.212 e. The molecule has 0 aliphatic rings. The predicted molar refractivity (Wildman–Crippen MR) is 63.3 cm³/mol. The summed E-state index contributed by atoms with van der Waals surface area (Å²) in [5, 5.41) is 2.68. The van der Waals surface area contributed by atoms with Gasteiger partial charge in [-0.2, -0.15) is 0 Å². The lowest BCUT2D eigenvalue weighted by atomic mass is 10.1. The summed E-state index contributed by atoms with van der Waals surface area (Å²) in [5.41, 5.74) is 1.14. The number of aromatic nitrogens is 1. The van der Waals surface area contributed by atoms with E-state index in [9.17, 15) is 4.79 Å². The zero-order valence-corrected chi connectivity index (χ0v) is 9.88. The molecule has 16 heavy (non-hydrogen) atoms. The SMILES string of the molecule is COc1ccc(C(=O)c2csc(C)n2)cc1. The molecule has 0 unspecified atom stereocenters. The number of hydrogen-bond donors (Lipinski definition) is 0. The monoisotopic (exact) mass is 233 g/mol. The van der Waals surface area contributed by atoms with Crippen molar-refractivity contribution in [2.75, 3.05) is 7.11 Å². The Labute approximate surface area is 97.7 Å². The van der Waals surface area contributed by atoms with Crippen molar-refractivity contribution in [1.29, 1.82) is 0 Å². The molecule has 4 heteroatoms. The molecule has 1 heterocycles. The third-order valence-electron chi connectivity index (χ3n) is 2.20. The van der Waals surface area contributed by atoms with E-state index >= 15 is 0 Å². The van der Waals surface area contributed by atoms with E-state index in [-0.39, 0.29) is 5.78 Å². The van der Waals surface area contributed by atoms with Gasteiger partial charge in [0.2, 0.25) is 5.78 Å². The van der Waals surface area contributed by atoms with E-state index in [1.54, 1.807) is 36.8 Å². The molecule has 0 aliphatic carbocycles. The molecule has 0 N–H and O–H groups in total.